The van der Waals surface area contributed by atoms with Crippen LogP contribution in [0.15, 0.2) is 42.5 Å². The van der Waals surface area contributed by atoms with E-state index in [0.717, 1.165) is 0 Å². The lowest BCUT2D eigenvalue weighted by atomic mass is 10.0. The molecular formula is C14H10Cl2O2. The number of ether oxygens (including phenoxy) is 1. The van der Waals surface area contributed by atoms with Gasteiger partial charge in [0.1, 0.15) is 5.75 Å². The van der Waals surface area contributed by atoms with Crippen LogP contribution in [-0.2, 0) is 0 Å². The second-order valence-electron chi connectivity index (χ2n) is 3.69. The minimum Gasteiger partial charge on any atom is -0.497 e. The molecule has 2 rings (SSSR count). The number of carbonyl (C=O) groups excluding carboxylic acids is 1. The van der Waals surface area contributed by atoms with Gasteiger partial charge in [0.15, 0.2) is 5.78 Å². The summed E-state index contributed by atoms with van der Waals surface area (Å²) in [5.74, 6) is 0.474. The minimum atomic E-state index is -0.157. The van der Waals surface area contributed by atoms with Gasteiger partial charge in [0.05, 0.1) is 12.1 Å². The molecule has 0 aromatic heterocycles. The quantitative estimate of drug-likeness (QED) is 0.787. The lowest BCUT2D eigenvalue weighted by Crippen LogP contribution is -2.02. The fourth-order valence-electron chi connectivity index (χ4n) is 1.59. The first-order chi connectivity index (χ1) is 8.61. The number of hydrogen-bond donors (Lipinski definition) is 0. The SMILES string of the molecule is COc1cccc(C(=O)c2ccc(Cl)cc2Cl)c1. The summed E-state index contributed by atoms with van der Waals surface area (Å²) in [6.07, 6.45) is 0. The van der Waals surface area contributed by atoms with Crippen LogP contribution in [0.1, 0.15) is 15.9 Å². The largest absolute Gasteiger partial charge is 0.497 e. The van der Waals surface area contributed by atoms with Gasteiger partial charge in [0.2, 0.25) is 0 Å². The van der Waals surface area contributed by atoms with Crippen LogP contribution in [0.3, 0.4) is 0 Å². The minimum absolute atomic E-state index is 0.157. The molecule has 0 unspecified atom stereocenters. The van der Waals surface area contributed by atoms with Gasteiger partial charge in [-0.25, -0.2) is 0 Å². The Labute approximate surface area is 115 Å². The van der Waals surface area contributed by atoms with Crippen LogP contribution in [0.25, 0.3) is 0 Å². The smallest absolute Gasteiger partial charge is 0.194 e. The molecule has 0 saturated heterocycles. The molecule has 0 bridgehead atoms. The van der Waals surface area contributed by atoms with Crippen molar-refractivity contribution in [3.63, 3.8) is 0 Å². The summed E-state index contributed by atoms with van der Waals surface area (Å²) in [4.78, 5) is 12.3. The highest BCUT2D eigenvalue weighted by Crippen LogP contribution is 2.24. The van der Waals surface area contributed by atoms with E-state index in [2.05, 4.69) is 0 Å². The molecule has 0 aliphatic rings. The van der Waals surface area contributed by atoms with Crippen LogP contribution in [0, 0.1) is 0 Å². The van der Waals surface area contributed by atoms with Crippen molar-refractivity contribution in [1.29, 1.82) is 0 Å². The van der Waals surface area contributed by atoms with Crippen molar-refractivity contribution in [2.24, 2.45) is 0 Å². The van der Waals surface area contributed by atoms with Crippen molar-refractivity contribution < 1.29 is 9.53 Å². The van der Waals surface area contributed by atoms with Crippen molar-refractivity contribution in [2.75, 3.05) is 7.11 Å². The lowest BCUT2D eigenvalue weighted by Gasteiger charge is -2.06. The van der Waals surface area contributed by atoms with Crippen LogP contribution in [0.5, 0.6) is 5.75 Å². The van der Waals surface area contributed by atoms with Crippen LogP contribution >= 0.6 is 23.2 Å². The summed E-state index contributed by atoms with van der Waals surface area (Å²) in [6, 6.07) is 11.7. The maximum atomic E-state index is 12.3. The highest BCUT2D eigenvalue weighted by Gasteiger charge is 2.13. The van der Waals surface area contributed by atoms with Crippen LogP contribution < -0.4 is 4.74 Å². The number of rotatable bonds is 3. The standard InChI is InChI=1S/C14H10Cl2O2/c1-18-11-4-2-3-9(7-11)14(17)12-6-5-10(15)8-13(12)16/h2-8H,1H3. The van der Waals surface area contributed by atoms with Gasteiger partial charge in [0.25, 0.3) is 0 Å². The fourth-order valence-corrected chi connectivity index (χ4v) is 2.09. The number of hydrogen-bond acceptors (Lipinski definition) is 2. The second-order valence-corrected chi connectivity index (χ2v) is 4.53. The molecule has 0 heterocycles. The predicted molar refractivity (Wildman–Crippen MR) is 72.9 cm³/mol. The number of carbonyl (C=O) groups is 1. The zero-order valence-electron chi connectivity index (χ0n) is 9.61. The zero-order chi connectivity index (χ0) is 13.1. The van der Waals surface area contributed by atoms with Crippen molar-refractivity contribution in [3.8, 4) is 5.75 Å². The van der Waals surface area contributed by atoms with Gasteiger partial charge in [-0.2, -0.15) is 0 Å². The molecule has 0 spiro atoms. The topological polar surface area (TPSA) is 26.3 Å². The van der Waals surface area contributed by atoms with Crippen molar-refractivity contribution in [3.05, 3.63) is 63.6 Å². The number of benzene rings is 2. The summed E-state index contributed by atoms with van der Waals surface area (Å²) in [5, 5.41) is 0.845. The van der Waals surface area contributed by atoms with E-state index in [1.807, 2.05) is 0 Å². The van der Waals surface area contributed by atoms with Gasteiger partial charge in [0, 0.05) is 16.1 Å². The first kappa shape index (κ1) is 12.9. The Morgan fingerprint density at radius 2 is 1.89 bits per heavy atom. The Balaban J connectivity index is 2.41. The highest BCUT2D eigenvalue weighted by atomic mass is 35.5. The monoisotopic (exact) mass is 280 g/mol. The van der Waals surface area contributed by atoms with Crippen LogP contribution in [0.4, 0.5) is 0 Å². The highest BCUT2D eigenvalue weighted by molar-refractivity contribution is 6.37. The Morgan fingerprint density at radius 1 is 1.11 bits per heavy atom. The first-order valence-electron chi connectivity index (χ1n) is 5.25. The molecule has 2 aromatic carbocycles. The summed E-state index contributed by atoms with van der Waals surface area (Å²) >= 11 is 11.8. The molecule has 0 aliphatic heterocycles. The van der Waals surface area contributed by atoms with E-state index >= 15 is 0 Å². The van der Waals surface area contributed by atoms with Crippen molar-refractivity contribution in [2.45, 2.75) is 0 Å². The summed E-state index contributed by atoms with van der Waals surface area (Å²) in [7, 11) is 1.55. The van der Waals surface area contributed by atoms with E-state index < -0.39 is 0 Å². The van der Waals surface area contributed by atoms with Crippen LogP contribution in [0.2, 0.25) is 10.0 Å². The van der Waals surface area contributed by atoms with Gasteiger partial charge in [-0.05, 0) is 30.3 Å². The fraction of sp³-hybridized carbons (Fsp3) is 0.0714. The molecule has 18 heavy (non-hydrogen) atoms. The van der Waals surface area contributed by atoms with Crippen molar-refractivity contribution >= 4 is 29.0 Å². The third-order valence-corrected chi connectivity index (χ3v) is 3.06. The van der Waals surface area contributed by atoms with Crippen LogP contribution in [-0.4, -0.2) is 12.9 Å². The van der Waals surface area contributed by atoms with E-state index in [-0.39, 0.29) is 5.78 Å². The van der Waals surface area contributed by atoms with E-state index in [1.165, 1.54) is 0 Å². The van der Waals surface area contributed by atoms with E-state index in [9.17, 15) is 4.79 Å². The number of halogens is 2. The zero-order valence-corrected chi connectivity index (χ0v) is 11.1. The maximum Gasteiger partial charge on any atom is 0.194 e. The van der Waals surface area contributed by atoms with E-state index in [1.54, 1.807) is 49.6 Å². The predicted octanol–water partition coefficient (Wildman–Crippen LogP) is 4.23. The number of methoxy groups -OCH3 is 1. The summed E-state index contributed by atoms with van der Waals surface area (Å²) in [6.45, 7) is 0. The average molecular weight is 281 g/mol. The average Bonchev–Trinajstić information content (AvgIpc) is 2.38. The molecule has 0 radical (unpaired) electrons. The van der Waals surface area contributed by atoms with E-state index in [4.69, 9.17) is 27.9 Å². The molecule has 0 atom stereocenters. The van der Waals surface area contributed by atoms with Gasteiger partial charge in [-0.3, -0.25) is 4.79 Å². The third kappa shape index (κ3) is 2.66. The Kier molecular flexibility index (Phi) is 3.90. The molecule has 0 saturated carbocycles. The van der Waals surface area contributed by atoms with Gasteiger partial charge >= 0.3 is 0 Å². The van der Waals surface area contributed by atoms with Crippen molar-refractivity contribution in [1.82, 2.24) is 0 Å². The van der Waals surface area contributed by atoms with Gasteiger partial charge in [-0.1, -0.05) is 35.3 Å². The van der Waals surface area contributed by atoms with Gasteiger partial charge in [-0.15, -0.1) is 0 Å². The first-order valence-corrected chi connectivity index (χ1v) is 6.01. The Hall–Kier alpha value is -1.51. The molecule has 0 aliphatic carbocycles. The molecule has 92 valence electrons. The number of ketones is 1. The van der Waals surface area contributed by atoms with Gasteiger partial charge < -0.3 is 4.74 Å². The molecule has 0 N–H and O–H groups in total. The third-order valence-electron chi connectivity index (χ3n) is 2.51. The molecular weight excluding hydrogens is 271 g/mol. The molecule has 0 fully saturated rings. The molecule has 2 aromatic rings. The summed E-state index contributed by atoms with van der Waals surface area (Å²) < 4.78 is 5.08. The van der Waals surface area contributed by atoms with E-state index in [0.29, 0.717) is 26.9 Å². The maximum absolute atomic E-state index is 12.3. The Bertz CT molecular complexity index is 594. The molecule has 4 heteroatoms. The lowest BCUT2D eigenvalue weighted by molar-refractivity contribution is 0.103. The normalized spacial score (nSPS) is 10.2. The second kappa shape index (κ2) is 5.42. The summed E-state index contributed by atoms with van der Waals surface area (Å²) in [5.41, 5.74) is 0.952. The molecule has 0 amide bonds. The molecule has 2 nitrogen and oxygen atoms in total. The Morgan fingerprint density at radius 3 is 2.56 bits per heavy atom.